The van der Waals surface area contributed by atoms with Crippen LogP contribution in [0.15, 0.2) is 18.3 Å². The standard InChI is InChI=1S/C21H25Cl2N7O3/c1-20(2,3)33-19(32)29-8-5-21(4-7-24,6-9-29)30-12-14(17(25)31)18(28-30)26-13-10-15(22)27-16(23)11-13/h10-12H,4-6,8-9H2,1-3H3,(H2,25,31)(H,26,27,28). The summed E-state index contributed by atoms with van der Waals surface area (Å²) >= 11 is 11.9. The Kier molecular flexibility index (Phi) is 7.05. The van der Waals surface area contributed by atoms with Crippen LogP contribution in [0, 0.1) is 11.3 Å². The van der Waals surface area contributed by atoms with Gasteiger partial charge in [0, 0.05) is 25.0 Å². The number of primary amides is 1. The second-order valence-electron chi connectivity index (χ2n) is 8.85. The molecule has 2 amide bonds. The molecule has 2 aromatic rings. The van der Waals surface area contributed by atoms with Gasteiger partial charge in [0.2, 0.25) is 0 Å². The number of amides is 2. The van der Waals surface area contributed by atoms with E-state index in [1.165, 1.54) is 18.3 Å². The summed E-state index contributed by atoms with van der Waals surface area (Å²) in [6.07, 6.45) is 2.16. The molecule has 1 saturated heterocycles. The molecule has 1 fully saturated rings. The third-order valence-corrected chi connectivity index (χ3v) is 5.63. The fraction of sp³-hybridized carbons (Fsp3) is 0.476. The van der Waals surface area contributed by atoms with Crippen LogP contribution in [0.4, 0.5) is 16.3 Å². The third kappa shape index (κ3) is 5.86. The predicted octanol–water partition coefficient (Wildman–Crippen LogP) is 4.07. The van der Waals surface area contributed by atoms with Gasteiger partial charge in [-0.3, -0.25) is 9.48 Å². The molecular formula is C21H25Cl2N7O3. The quantitative estimate of drug-likeness (QED) is 0.598. The number of ether oxygens (including phenoxy) is 1. The van der Waals surface area contributed by atoms with Crippen molar-refractivity contribution in [3.63, 3.8) is 0 Å². The summed E-state index contributed by atoms with van der Waals surface area (Å²) in [6, 6.07) is 5.27. The molecule has 3 N–H and O–H groups in total. The van der Waals surface area contributed by atoms with Gasteiger partial charge < -0.3 is 20.7 Å². The Morgan fingerprint density at radius 3 is 2.39 bits per heavy atom. The monoisotopic (exact) mass is 493 g/mol. The number of nitrogens with one attached hydrogen (secondary N) is 1. The molecular weight excluding hydrogens is 469 g/mol. The smallest absolute Gasteiger partial charge is 0.410 e. The van der Waals surface area contributed by atoms with Gasteiger partial charge in [0.1, 0.15) is 21.5 Å². The maximum atomic E-state index is 12.4. The van der Waals surface area contributed by atoms with Crippen LogP contribution >= 0.6 is 23.2 Å². The SMILES string of the molecule is CC(C)(C)OC(=O)N1CCC(CC#N)(n2cc(C(N)=O)c(Nc3cc(Cl)nc(Cl)c3)n2)CC1. The van der Waals surface area contributed by atoms with Crippen LogP contribution in [-0.2, 0) is 10.3 Å². The van der Waals surface area contributed by atoms with E-state index in [0.29, 0.717) is 31.6 Å². The highest BCUT2D eigenvalue weighted by Crippen LogP contribution is 2.35. The molecule has 176 valence electrons. The molecule has 0 aliphatic carbocycles. The van der Waals surface area contributed by atoms with E-state index in [1.54, 1.807) is 9.58 Å². The molecule has 33 heavy (non-hydrogen) atoms. The lowest BCUT2D eigenvalue weighted by atomic mass is 9.85. The van der Waals surface area contributed by atoms with Gasteiger partial charge in [-0.1, -0.05) is 23.2 Å². The molecule has 3 rings (SSSR count). The number of nitrogens with zero attached hydrogens (tertiary/aromatic N) is 5. The lowest BCUT2D eigenvalue weighted by Gasteiger charge is -2.40. The van der Waals surface area contributed by atoms with E-state index in [4.69, 9.17) is 33.7 Å². The number of nitrogens with two attached hydrogens (primary N) is 1. The summed E-state index contributed by atoms with van der Waals surface area (Å²) in [5.41, 5.74) is 4.88. The van der Waals surface area contributed by atoms with Gasteiger partial charge in [-0.25, -0.2) is 9.78 Å². The van der Waals surface area contributed by atoms with Gasteiger partial charge >= 0.3 is 6.09 Å². The van der Waals surface area contributed by atoms with Gasteiger partial charge in [0.05, 0.1) is 18.0 Å². The van der Waals surface area contributed by atoms with E-state index < -0.39 is 23.1 Å². The number of hydrogen-bond acceptors (Lipinski definition) is 7. The van der Waals surface area contributed by atoms with Crippen LogP contribution in [-0.4, -0.2) is 50.4 Å². The van der Waals surface area contributed by atoms with Gasteiger partial charge in [0.15, 0.2) is 5.82 Å². The summed E-state index contributed by atoms with van der Waals surface area (Å²) in [5.74, 6) is -0.485. The first kappa shape index (κ1) is 24.6. The summed E-state index contributed by atoms with van der Waals surface area (Å²) in [7, 11) is 0. The van der Waals surface area contributed by atoms with Crippen molar-refractivity contribution in [3.8, 4) is 6.07 Å². The topological polar surface area (TPSA) is 139 Å². The molecule has 0 atom stereocenters. The first-order valence-electron chi connectivity index (χ1n) is 10.3. The van der Waals surface area contributed by atoms with Crippen LogP contribution < -0.4 is 11.1 Å². The molecule has 0 saturated carbocycles. The Labute approximate surface area is 201 Å². The fourth-order valence-corrected chi connectivity index (χ4v) is 4.09. The molecule has 1 aliphatic rings. The normalized spacial score (nSPS) is 15.6. The largest absolute Gasteiger partial charge is 0.444 e. The Bertz CT molecular complexity index is 1080. The highest BCUT2D eigenvalue weighted by Gasteiger charge is 2.40. The molecule has 2 aromatic heterocycles. The van der Waals surface area contributed by atoms with Crippen LogP contribution in [0.2, 0.25) is 10.3 Å². The van der Waals surface area contributed by atoms with Gasteiger partial charge in [-0.15, -0.1) is 0 Å². The number of carbonyl (C=O) groups is 2. The van der Waals surface area contributed by atoms with Crippen molar-refractivity contribution >= 4 is 46.7 Å². The average molecular weight is 494 g/mol. The third-order valence-electron chi connectivity index (χ3n) is 5.25. The summed E-state index contributed by atoms with van der Waals surface area (Å²) < 4.78 is 7.05. The van der Waals surface area contributed by atoms with E-state index in [1.807, 2.05) is 20.8 Å². The Hall–Kier alpha value is -3.03. The lowest BCUT2D eigenvalue weighted by Crippen LogP contribution is -2.49. The maximum Gasteiger partial charge on any atom is 0.410 e. The Morgan fingerprint density at radius 2 is 1.88 bits per heavy atom. The zero-order chi connectivity index (χ0) is 24.4. The zero-order valence-electron chi connectivity index (χ0n) is 18.6. The second kappa shape index (κ2) is 9.45. The van der Waals surface area contributed by atoms with E-state index in [9.17, 15) is 14.9 Å². The second-order valence-corrected chi connectivity index (χ2v) is 9.63. The maximum absolute atomic E-state index is 12.4. The van der Waals surface area contributed by atoms with Crippen molar-refractivity contribution in [1.29, 1.82) is 5.26 Å². The zero-order valence-corrected chi connectivity index (χ0v) is 20.1. The lowest BCUT2D eigenvalue weighted by molar-refractivity contribution is 0.0105. The highest BCUT2D eigenvalue weighted by molar-refractivity contribution is 6.32. The molecule has 10 nitrogen and oxygen atoms in total. The first-order valence-corrected chi connectivity index (χ1v) is 11.0. The number of nitriles is 1. The van der Waals surface area contributed by atoms with Crippen LogP contribution in [0.25, 0.3) is 0 Å². The number of hydrogen-bond donors (Lipinski definition) is 2. The number of likely N-dealkylation sites (tertiary alicyclic amines) is 1. The van der Waals surface area contributed by atoms with Gasteiger partial charge in [0.25, 0.3) is 5.91 Å². The molecule has 0 bridgehead atoms. The number of pyridine rings is 1. The highest BCUT2D eigenvalue weighted by atomic mass is 35.5. The number of aromatic nitrogens is 3. The average Bonchev–Trinajstić information content (AvgIpc) is 3.11. The first-order chi connectivity index (χ1) is 15.4. The van der Waals surface area contributed by atoms with Crippen molar-refractivity contribution in [2.24, 2.45) is 5.73 Å². The number of anilines is 2. The van der Waals surface area contributed by atoms with Crippen LogP contribution in [0.5, 0.6) is 0 Å². The molecule has 3 heterocycles. The van der Waals surface area contributed by atoms with Crippen molar-refractivity contribution in [1.82, 2.24) is 19.7 Å². The molecule has 0 spiro atoms. The number of rotatable bonds is 5. The minimum Gasteiger partial charge on any atom is -0.444 e. The molecule has 0 radical (unpaired) electrons. The van der Waals surface area contributed by atoms with Crippen LogP contribution in [0.1, 0.15) is 50.4 Å². The predicted molar refractivity (Wildman–Crippen MR) is 124 cm³/mol. The van der Waals surface area contributed by atoms with Crippen molar-refractivity contribution in [2.45, 2.75) is 51.2 Å². The summed E-state index contributed by atoms with van der Waals surface area (Å²) in [6.45, 7) is 6.17. The minimum absolute atomic E-state index is 0.140. The number of carbonyl (C=O) groups excluding carboxylic acids is 2. The molecule has 12 heteroatoms. The molecule has 0 aromatic carbocycles. The van der Waals surface area contributed by atoms with Crippen molar-refractivity contribution < 1.29 is 14.3 Å². The van der Waals surface area contributed by atoms with Crippen molar-refractivity contribution in [2.75, 3.05) is 18.4 Å². The molecule has 0 unspecified atom stereocenters. The van der Waals surface area contributed by atoms with Gasteiger partial charge in [-0.2, -0.15) is 10.4 Å². The van der Waals surface area contributed by atoms with E-state index in [-0.39, 0.29) is 28.1 Å². The number of halogens is 2. The van der Waals surface area contributed by atoms with E-state index in [0.717, 1.165) is 0 Å². The summed E-state index contributed by atoms with van der Waals surface area (Å²) in [4.78, 5) is 30.0. The Balaban J connectivity index is 1.88. The van der Waals surface area contributed by atoms with E-state index >= 15 is 0 Å². The fourth-order valence-electron chi connectivity index (χ4n) is 3.63. The number of piperidine rings is 1. The Morgan fingerprint density at radius 1 is 1.27 bits per heavy atom. The summed E-state index contributed by atoms with van der Waals surface area (Å²) in [5, 5.41) is 17.4. The van der Waals surface area contributed by atoms with Crippen molar-refractivity contribution in [3.05, 3.63) is 34.2 Å². The van der Waals surface area contributed by atoms with E-state index in [2.05, 4.69) is 21.5 Å². The minimum atomic E-state index is -0.717. The van der Waals surface area contributed by atoms with Gasteiger partial charge in [-0.05, 0) is 45.7 Å². The van der Waals surface area contributed by atoms with Crippen LogP contribution in [0.3, 0.4) is 0 Å². The molecule has 1 aliphatic heterocycles.